The van der Waals surface area contributed by atoms with Crippen LogP contribution in [0.25, 0.3) is 0 Å². The number of primary amides is 1. The van der Waals surface area contributed by atoms with Crippen LogP contribution in [-0.2, 0) is 20.7 Å². The van der Waals surface area contributed by atoms with Crippen molar-refractivity contribution in [3.8, 4) is 0 Å². The smallest absolute Gasteiger partial charge is 0.318 e. The van der Waals surface area contributed by atoms with E-state index in [1.165, 1.54) is 23.1 Å². The molecule has 7 nitrogen and oxygen atoms in total. The first kappa shape index (κ1) is 18.4. The van der Waals surface area contributed by atoms with E-state index in [2.05, 4.69) is 10.3 Å². The van der Waals surface area contributed by atoms with Crippen LogP contribution < -0.4 is 11.1 Å². The number of carbonyl (C=O) groups is 3. The molecule has 9 heteroatoms. The zero-order valence-corrected chi connectivity index (χ0v) is 14.3. The van der Waals surface area contributed by atoms with E-state index >= 15 is 0 Å². The van der Waals surface area contributed by atoms with Crippen LogP contribution in [0.5, 0.6) is 0 Å². The first-order valence-electron chi connectivity index (χ1n) is 6.70. The highest BCUT2D eigenvalue weighted by Gasteiger charge is 2.26. The molecule has 3 amide bonds. The monoisotopic (exact) mass is 345 g/mol. The summed E-state index contributed by atoms with van der Waals surface area (Å²) < 4.78 is 5.51. The molecular formula is C13H19N3O4S2. The molecule has 0 radical (unpaired) electrons. The lowest BCUT2D eigenvalue weighted by atomic mass is 10.1. The Balaban J connectivity index is 2.70. The minimum atomic E-state index is -0.876. The molecule has 0 aromatic carbocycles. The molecule has 0 fully saturated rings. The number of imide groups is 1. The summed E-state index contributed by atoms with van der Waals surface area (Å²) in [6.45, 7) is 5.80. The van der Waals surface area contributed by atoms with E-state index in [1.807, 2.05) is 13.8 Å². The summed E-state index contributed by atoms with van der Waals surface area (Å²) in [6.07, 6.45) is 0.102. The third-order valence-electron chi connectivity index (χ3n) is 2.50. The van der Waals surface area contributed by atoms with Crippen LogP contribution in [0.1, 0.15) is 26.5 Å². The third-order valence-corrected chi connectivity index (χ3v) is 5.07. The quantitative estimate of drug-likeness (QED) is 0.573. The minimum absolute atomic E-state index is 0.0123. The van der Waals surface area contributed by atoms with Crippen LogP contribution >= 0.6 is 23.1 Å². The Bertz CT molecular complexity index is 545. The van der Waals surface area contributed by atoms with Crippen molar-refractivity contribution in [3.05, 3.63) is 11.1 Å². The van der Waals surface area contributed by atoms with Crippen molar-refractivity contribution >= 4 is 41.0 Å². The Morgan fingerprint density at radius 2 is 2.14 bits per heavy atom. The van der Waals surface area contributed by atoms with E-state index in [4.69, 9.17) is 10.5 Å². The molecule has 0 aliphatic rings. The van der Waals surface area contributed by atoms with E-state index in [1.54, 1.807) is 12.3 Å². The summed E-state index contributed by atoms with van der Waals surface area (Å²) in [5.74, 6) is -0.798. The van der Waals surface area contributed by atoms with Crippen molar-refractivity contribution in [2.75, 3.05) is 6.61 Å². The van der Waals surface area contributed by atoms with Gasteiger partial charge in [0.1, 0.15) is 0 Å². The second kappa shape index (κ2) is 8.74. The maximum atomic E-state index is 11.9. The molecule has 22 heavy (non-hydrogen) atoms. The molecule has 0 saturated heterocycles. The number of nitrogens with zero attached hydrogens (tertiary/aromatic N) is 1. The number of thiazole rings is 1. The Morgan fingerprint density at radius 3 is 2.68 bits per heavy atom. The number of hydrogen-bond donors (Lipinski definition) is 2. The van der Waals surface area contributed by atoms with Crippen LogP contribution in [0, 0.1) is 5.92 Å². The van der Waals surface area contributed by atoms with Gasteiger partial charge in [0, 0.05) is 5.38 Å². The molecule has 0 bridgehead atoms. The van der Waals surface area contributed by atoms with Crippen molar-refractivity contribution in [1.29, 1.82) is 0 Å². The number of ether oxygens (including phenoxy) is 1. The molecular weight excluding hydrogens is 326 g/mol. The fourth-order valence-electron chi connectivity index (χ4n) is 1.58. The number of aromatic nitrogens is 1. The van der Waals surface area contributed by atoms with E-state index in [0.29, 0.717) is 16.6 Å². The molecule has 1 aromatic heterocycles. The lowest BCUT2D eigenvalue weighted by molar-refractivity contribution is -0.142. The average molecular weight is 345 g/mol. The molecule has 3 N–H and O–H groups in total. The summed E-state index contributed by atoms with van der Waals surface area (Å²) in [7, 11) is 0. The number of amides is 3. The minimum Gasteiger partial charge on any atom is -0.466 e. The van der Waals surface area contributed by atoms with Gasteiger partial charge in [-0.15, -0.1) is 11.3 Å². The van der Waals surface area contributed by atoms with Crippen LogP contribution in [0.15, 0.2) is 9.72 Å². The van der Waals surface area contributed by atoms with Crippen molar-refractivity contribution in [2.24, 2.45) is 11.7 Å². The maximum absolute atomic E-state index is 11.9. The topological polar surface area (TPSA) is 111 Å². The Labute approximate surface area is 137 Å². The van der Waals surface area contributed by atoms with Gasteiger partial charge in [0.25, 0.3) is 0 Å². The molecule has 122 valence electrons. The maximum Gasteiger partial charge on any atom is 0.318 e. The van der Waals surface area contributed by atoms with Crippen molar-refractivity contribution in [3.63, 3.8) is 0 Å². The standard InChI is InChI=1S/C13H19N3O4S2/c1-4-20-9(17)5-8-6-21-13(15-8)22-10(7(2)3)11(18)16-12(14)19/h6-7,10H,4-5H2,1-3H3,(H3,14,16,18,19)/t10-/m1/s1. The number of nitrogens with two attached hydrogens (primary N) is 1. The number of hydrogen-bond acceptors (Lipinski definition) is 7. The third kappa shape index (κ3) is 6.02. The molecule has 0 aliphatic carbocycles. The molecule has 1 aromatic rings. The van der Waals surface area contributed by atoms with Gasteiger partial charge in [-0.05, 0) is 12.8 Å². The van der Waals surface area contributed by atoms with Crippen molar-refractivity contribution in [1.82, 2.24) is 10.3 Å². The number of esters is 1. The second-order valence-corrected chi connectivity index (χ2v) is 6.97. The highest BCUT2D eigenvalue weighted by molar-refractivity contribution is 8.02. The Morgan fingerprint density at radius 1 is 1.45 bits per heavy atom. The van der Waals surface area contributed by atoms with Gasteiger partial charge in [0.2, 0.25) is 5.91 Å². The second-order valence-electron chi connectivity index (χ2n) is 4.72. The normalized spacial score (nSPS) is 12.0. The molecule has 1 heterocycles. The van der Waals surface area contributed by atoms with Gasteiger partial charge in [-0.1, -0.05) is 25.6 Å². The first-order valence-corrected chi connectivity index (χ1v) is 8.46. The summed E-state index contributed by atoms with van der Waals surface area (Å²) in [4.78, 5) is 38.4. The summed E-state index contributed by atoms with van der Waals surface area (Å²) in [6, 6.07) is -0.876. The fraction of sp³-hybridized carbons (Fsp3) is 0.538. The number of urea groups is 1. The van der Waals surface area contributed by atoms with Crippen LogP contribution in [-0.4, -0.2) is 34.7 Å². The molecule has 0 saturated carbocycles. The molecule has 0 aliphatic heterocycles. The number of rotatable bonds is 7. The van der Waals surface area contributed by atoms with Gasteiger partial charge in [-0.25, -0.2) is 9.78 Å². The van der Waals surface area contributed by atoms with Gasteiger partial charge in [-0.3, -0.25) is 14.9 Å². The lowest BCUT2D eigenvalue weighted by Gasteiger charge is -2.17. The van der Waals surface area contributed by atoms with Crippen LogP contribution in [0.3, 0.4) is 0 Å². The van der Waals surface area contributed by atoms with Crippen molar-refractivity contribution in [2.45, 2.75) is 36.8 Å². The SMILES string of the molecule is CCOC(=O)Cc1csc(S[C@@H](C(=O)NC(N)=O)C(C)C)n1. The van der Waals surface area contributed by atoms with Gasteiger partial charge in [0.15, 0.2) is 4.34 Å². The summed E-state index contributed by atoms with van der Waals surface area (Å²) in [5, 5.41) is 3.34. The van der Waals surface area contributed by atoms with E-state index in [9.17, 15) is 14.4 Å². The van der Waals surface area contributed by atoms with Gasteiger partial charge >= 0.3 is 12.0 Å². The Kier molecular flexibility index (Phi) is 7.33. The highest BCUT2D eigenvalue weighted by atomic mass is 32.2. The number of nitrogens with one attached hydrogen (secondary N) is 1. The number of thioether (sulfide) groups is 1. The zero-order chi connectivity index (χ0) is 16.7. The van der Waals surface area contributed by atoms with E-state index in [0.717, 1.165) is 0 Å². The predicted octanol–water partition coefficient (Wildman–Crippen LogP) is 1.56. The van der Waals surface area contributed by atoms with Gasteiger partial charge in [0.05, 0.1) is 24.0 Å². The van der Waals surface area contributed by atoms with Gasteiger partial charge in [-0.2, -0.15) is 0 Å². The number of carbonyl (C=O) groups excluding carboxylic acids is 3. The molecule has 1 atom stereocenters. The van der Waals surface area contributed by atoms with Gasteiger partial charge < -0.3 is 10.5 Å². The molecule has 0 spiro atoms. The van der Waals surface area contributed by atoms with Crippen LogP contribution in [0.2, 0.25) is 0 Å². The summed E-state index contributed by atoms with van der Waals surface area (Å²) >= 11 is 2.58. The average Bonchev–Trinajstić information content (AvgIpc) is 2.82. The first-order chi connectivity index (χ1) is 10.3. The highest BCUT2D eigenvalue weighted by Crippen LogP contribution is 2.31. The summed E-state index contributed by atoms with van der Waals surface area (Å²) in [5.41, 5.74) is 5.57. The predicted molar refractivity (Wildman–Crippen MR) is 84.7 cm³/mol. The Hall–Kier alpha value is -1.61. The van der Waals surface area contributed by atoms with E-state index in [-0.39, 0.29) is 18.3 Å². The lowest BCUT2D eigenvalue weighted by Crippen LogP contribution is -2.42. The van der Waals surface area contributed by atoms with Crippen LogP contribution in [0.4, 0.5) is 4.79 Å². The molecule has 0 unspecified atom stereocenters. The van der Waals surface area contributed by atoms with Crippen molar-refractivity contribution < 1.29 is 19.1 Å². The largest absolute Gasteiger partial charge is 0.466 e. The molecule has 1 rings (SSSR count). The zero-order valence-electron chi connectivity index (χ0n) is 12.6. The van der Waals surface area contributed by atoms with E-state index < -0.39 is 17.2 Å². The fourth-order valence-corrected chi connectivity index (χ4v) is 3.62.